The minimum atomic E-state index is -3.36. The van der Waals surface area contributed by atoms with Crippen molar-refractivity contribution in [2.75, 3.05) is 32.4 Å². The van der Waals surface area contributed by atoms with E-state index in [0.29, 0.717) is 18.4 Å². The summed E-state index contributed by atoms with van der Waals surface area (Å²) in [5.41, 5.74) is 0. The molecule has 1 aromatic rings. The van der Waals surface area contributed by atoms with Gasteiger partial charge in [0, 0.05) is 32.4 Å². The molecule has 1 N–H and O–H groups in total. The number of carbonyl (C=O) groups excluding carboxylic acids is 1. The SMILES string of the molecule is C[C@H]1C[C@H](C)CN(CCNC(=O)c2sccc2S(C)(=O)=O)C1. The molecule has 1 aliphatic rings. The lowest BCUT2D eigenvalue weighted by Gasteiger charge is -2.34. The number of hydrogen-bond acceptors (Lipinski definition) is 5. The van der Waals surface area contributed by atoms with Gasteiger partial charge in [-0.1, -0.05) is 13.8 Å². The Labute approximate surface area is 136 Å². The number of amides is 1. The van der Waals surface area contributed by atoms with Gasteiger partial charge in [0.05, 0.1) is 4.90 Å². The molecule has 1 amide bonds. The second kappa shape index (κ2) is 7.10. The molecule has 0 aromatic carbocycles. The topological polar surface area (TPSA) is 66.5 Å². The Morgan fingerprint density at radius 3 is 2.59 bits per heavy atom. The summed E-state index contributed by atoms with van der Waals surface area (Å²) in [5, 5.41) is 4.48. The number of hydrogen-bond donors (Lipinski definition) is 1. The Morgan fingerprint density at radius 1 is 1.36 bits per heavy atom. The maximum absolute atomic E-state index is 12.2. The first-order valence-electron chi connectivity index (χ1n) is 7.55. The van der Waals surface area contributed by atoms with Crippen LogP contribution in [0.2, 0.25) is 0 Å². The first kappa shape index (κ1) is 17.4. The van der Waals surface area contributed by atoms with E-state index < -0.39 is 9.84 Å². The molecule has 1 fully saturated rings. The number of nitrogens with zero attached hydrogens (tertiary/aromatic N) is 1. The summed E-state index contributed by atoms with van der Waals surface area (Å²) in [6.07, 6.45) is 2.39. The molecule has 124 valence electrons. The highest BCUT2D eigenvalue weighted by atomic mass is 32.2. The average molecular weight is 345 g/mol. The van der Waals surface area contributed by atoms with E-state index in [0.717, 1.165) is 25.9 Å². The molecule has 5 nitrogen and oxygen atoms in total. The van der Waals surface area contributed by atoms with Crippen LogP contribution in [0.5, 0.6) is 0 Å². The van der Waals surface area contributed by atoms with E-state index in [1.807, 2.05) is 0 Å². The predicted molar refractivity (Wildman–Crippen MR) is 89.1 cm³/mol. The Kier molecular flexibility index (Phi) is 5.63. The third-order valence-corrected chi connectivity index (χ3v) is 6.07. The van der Waals surface area contributed by atoms with Crippen molar-refractivity contribution < 1.29 is 13.2 Å². The number of rotatable bonds is 5. The van der Waals surface area contributed by atoms with Crippen molar-refractivity contribution in [3.05, 3.63) is 16.3 Å². The molecule has 2 rings (SSSR count). The van der Waals surface area contributed by atoms with Crippen LogP contribution >= 0.6 is 11.3 Å². The molecule has 0 unspecified atom stereocenters. The zero-order valence-electron chi connectivity index (χ0n) is 13.3. The van der Waals surface area contributed by atoms with E-state index in [1.165, 1.54) is 23.8 Å². The van der Waals surface area contributed by atoms with Gasteiger partial charge in [-0.05, 0) is 29.7 Å². The van der Waals surface area contributed by atoms with Crippen LogP contribution < -0.4 is 5.32 Å². The Morgan fingerprint density at radius 2 is 2.00 bits per heavy atom. The monoisotopic (exact) mass is 344 g/mol. The normalized spacial score (nSPS) is 23.4. The van der Waals surface area contributed by atoms with Crippen LogP contribution in [0.15, 0.2) is 16.3 Å². The summed E-state index contributed by atoms with van der Waals surface area (Å²) >= 11 is 1.17. The van der Waals surface area contributed by atoms with Crippen LogP contribution in [0.1, 0.15) is 29.9 Å². The van der Waals surface area contributed by atoms with Crippen molar-refractivity contribution in [1.82, 2.24) is 10.2 Å². The maximum atomic E-state index is 12.2. The number of carbonyl (C=O) groups is 1. The summed E-state index contributed by atoms with van der Waals surface area (Å²) in [5.74, 6) is 1.08. The molecule has 1 saturated heterocycles. The van der Waals surface area contributed by atoms with Crippen molar-refractivity contribution in [3.63, 3.8) is 0 Å². The largest absolute Gasteiger partial charge is 0.350 e. The molecule has 0 spiro atoms. The molecule has 2 heterocycles. The number of nitrogens with one attached hydrogen (secondary N) is 1. The van der Waals surface area contributed by atoms with Crippen LogP contribution in [0, 0.1) is 11.8 Å². The number of sulfone groups is 1. The van der Waals surface area contributed by atoms with E-state index in [1.54, 1.807) is 5.38 Å². The summed E-state index contributed by atoms with van der Waals surface area (Å²) in [6, 6.07) is 1.49. The molecule has 1 aliphatic heterocycles. The van der Waals surface area contributed by atoms with Gasteiger partial charge in [-0.3, -0.25) is 4.79 Å². The van der Waals surface area contributed by atoms with Gasteiger partial charge in [-0.2, -0.15) is 0 Å². The first-order chi connectivity index (χ1) is 10.3. The van der Waals surface area contributed by atoms with Gasteiger partial charge in [0.1, 0.15) is 4.88 Å². The average Bonchev–Trinajstić information content (AvgIpc) is 2.86. The van der Waals surface area contributed by atoms with Gasteiger partial charge in [-0.25, -0.2) is 8.42 Å². The third-order valence-electron chi connectivity index (χ3n) is 3.89. The fourth-order valence-corrected chi connectivity index (χ4v) is 5.27. The van der Waals surface area contributed by atoms with E-state index >= 15 is 0 Å². The highest BCUT2D eigenvalue weighted by molar-refractivity contribution is 7.91. The molecular weight excluding hydrogens is 320 g/mol. The minimum absolute atomic E-state index is 0.121. The highest BCUT2D eigenvalue weighted by Crippen LogP contribution is 2.22. The Bertz CT molecular complexity index is 614. The highest BCUT2D eigenvalue weighted by Gasteiger charge is 2.22. The van der Waals surface area contributed by atoms with Gasteiger partial charge in [0.2, 0.25) is 0 Å². The molecule has 7 heteroatoms. The van der Waals surface area contributed by atoms with Crippen molar-refractivity contribution in [2.45, 2.75) is 25.2 Å². The lowest BCUT2D eigenvalue weighted by Crippen LogP contribution is -2.42. The molecule has 0 bridgehead atoms. The van der Waals surface area contributed by atoms with Crippen LogP contribution in [0.4, 0.5) is 0 Å². The van der Waals surface area contributed by atoms with E-state index in [4.69, 9.17) is 0 Å². The summed E-state index contributed by atoms with van der Waals surface area (Å²) in [4.78, 5) is 14.9. The zero-order chi connectivity index (χ0) is 16.3. The molecule has 0 saturated carbocycles. The smallest absolute Gasteiger partial charge is 0.262 e. The van der Waals surface area contributed by atoms with Gasteiger partial charge < -0.3 is 10.2 Å². The van der Waals surface area contributed by atoms with E-state index in [-0.39, 0.29) is 15.7 Å². The van der Waals surface area contributed by atoms with E-state index in [9.17, 15) is 13.2 Å². The molecular formula is C15H24N2O3S2. The summed E-state index contributed by atoms with van der Waals surface area (Å²) in [7, 11) is -3.36. The lowest BCUT2D eigenvalue weighted by atomic mass is 9.92. The van der Waals surface area contributed by atoms with Crippen molar-refractivity contribution in [3.8, 4) is 0 Å². The quantitative estimate of drug-likeness (QED) is 0.885. The molecule has 22 heavy (non-hydrogen) atoms. The first-order valence-corrected chi connectivity index (χ1v) is 10.3. The fraction of sp³-hybridized carbons (Fsp3) is 0.667. The second-order valence-electron chi connectivity index (χ2n) is 6.35. The van der Waals surface area contributed by atoms with Crippen molar-refractivity contribution in [1.29, 1.82) is 0 Å². The van der Waals surface area contributed by atoms with Crippen molar-refractivity contribution in [2.24, 2.45) is 11.8 Å². The van der Waals surface area contributed by atoms with Crippen molar-refractivity contribution >= 4 is 27.1 Å². The lowest BCUT2D eigenvalue weighted by molar-refractivity contribution is 0.0937. The van der Waals surface area contributed by atoms with E-state index in [2.05, 4.69) is 24.1 Å². The fourth-order valence-electron chi connectivity index (χ4n) is 3.14. The number of thiophene rings is 1. The number of piperidine rings is 1. The van der Waals surface area contributed by atoms with Gasteiger partial charge in [0.25, 0.3) is 5.91 Å². The molecule has 0 aliphatic carbocycles. The van der Waals surface area contributed by atoms with Gasteiger partial charge in [0.15, 0.2) is 9.84 Å². The second-order valence-corrected chi connectivity index (χ2v) is 9.25. The predicted octanol–water partition coefficient (Wildman–Crippen LogP) is 1.86. The van der Waals surface area contributed by atoms with Crippen LogP contribution in [-0.2, 0) is 9.84 Å². The number of likely N-dealkylation sites (tertiary alicyclic amines) is 1. The van der Waals surface area contributed by atoms with Crippen LogP contribution in [0.3, 0.4) is 0 Å². The summed E-state index contributed by atoms with van der Waals surface area (Å²) in [6.45, 7) is 7.98. The molecule has 2 atom stereocenters. The maximum Gasteiger partial charge on any atom is 0.262 e. The Hall–Kier alpha value is -0.920. The summed E-state index contributed by atoms with van der Waals surface area (Å²) < 4.78 is 23.3. The third kappa shape index (κ3) is 4.54. The standard InChI is InChI=1S/C15H24N2O3S2/c1-11-8-12(2)10-17(9-11)6-5-16-15(18)14-13(4-7-21-14)22(3,19)20/h4,7,11-12H,5-6,8-10H2,1-3H3,(H,16,18)/t11-,12-/m0/s1. The van der Waals surface area contributed by atoms with Gasteiger partial charge in [-0.15, -0.1) is 11.3 Å². The minimum Gasteiger partial charge on any atom is -0.350 e. The van der Waals surface area contributed by atoms with Crippen LogP contribution in [0.25, 0.3) is 0 Å². The Balaban J connectivity index is 1.87. The van der Waals surface area contributed by atoms with Gasteiger partial charge >= 0.3 is 0 Å². The zero-order valence-corrected chi connectivity index (χ0v) is 15.0. The van der Waals surface area contributed by atoms with Crippen LogP contribution in [-0.4, -0.2) is 51.7 Å². The molecule has 1 aromatic heterocycles. The molecule has 0 radical (unpaired) electrons.